The Morgan fingerprint density at radius 2 is 2.26 bits per heavy atom. The normalized spacial score (nSPS) is 12.3. The molecule has 19 heavy (non-hydrogen) atoms. The standard InChI is InChI=1S/C11H11FN3O3P/c1-19(11(17)15-10(13)16)5-7-3-8-9(18-7)2-6(12)4-14-8/h2-4H,5H2,1H3,(H3,13,15,16,17). The van der Waals surface area contributed by atoms with Crippen LogP contribution >= 0.6 is 7.92 Å². The number of halogens is 1. The topological polar surface area (TPSA) is 98.2 Å². The number of carbonyl (C=O) groups excluding carboxylic acids is 2. The lowest BCUT2D eigenvalue weighted by Crippen LogP contribution is -2.33. The molecule has 1 unspecified atom stereocenters. The van der Waals surface area contributed by atoms with Crippen molar-refractivity contribution in [1.29, 1.82) is 0 Å². The average molecular weight is 283 g/mol. The van der Waals surface area contributed by atoms with E-state index >= 15 is 0 Å². The Morgan fingerprint density at radius 3 is 2.95 bits per heavy atom. The molecule has 2 aromatic rings. The van der Waals surface area contributed by atoms with Crippen LogP contribution in [0, 0.1) is 5.82 Å². The molecule has 0 aliphatic heterocycles. The highest BCUT2D eigenvalue weighted by Gasteiger charge is 2.17. The Balaban J connectivity index is 2.12. The highest BCUT2D eigenvalue weighted by atomic mass is 31.1. The number of urea groups is 1. The summed E-state index contributed by atoms with van der Waals surface area (Å²) >= 11 is 0. The van der Waals surface area contributed by atoms with Crippen LogP contribution in [0.3, 0.4) is 0 Å². The van der Waals surface area contributed by atoms with Crippen LogP contribution < -0.4 is 11.1 Å². The second kappa shape index (κ2) is 5.32. The fraction of sp³-hybridized carbons (Fsp3) is 0.182. The molecule has 3 amide bonds. The molecule has 6 nitrogen and oxygen atoms in total. The van der Waals surface area contributed by atoms with Crippen molar-refractivity contribution in [2.45, 2.75) is 6.16 Å². The zero-order valence-corrected chi connectivity index (χ0v) is 10.9. The molecule has 100 valence electrons. The third-order valence-corrected chi connectivity index (χ3v) is 3.95. The van der Waals surface area contributed by atoms with Crippen molar-refractivity contribution < 1.29 is 18.4 Å². The van der Waals surface area contributed by atoms with Crippen molar-refractivity contribution in [2.24, 2.45) is 5.73 Å². The van der Waals surface area contributed by atoms with E-state index in [0.717, 1.165) is 6.20 Å². The SMILES string of the molecule is CP(Cc1cc2ncc(F)cc2o1)C(=O)NC(N)=O. The molecule has 0 radical (unpaired) electrons. The fourth-order valence-electron chi connectivity index (χ4n) is 1.53. The number of primary amides is 1. The lowest BCUT2D eigenvalue weighted by molar-refractivity contribution is 0.242. The first kappa shape index (κ1) is 13.4. The zero-order valence-electron chi connectivity index (χ0n) is 10.0. The number of furan rings is 1. The number of aromatic nitrogens is 1. The summed E-state index contributed by atoms with van der Waals surface area (Å²) in [5, 5.41) is 2.02. The van der Waals surface area contributed by atoms with E-state index in [4.69, 9.17) is 10.2 Å². The Bertz CT molecular complexity index is 643. The maximum atomic E-state index is 12.9. The van der Waals surface area contributed by atoms with Crippen molar-refractivity contribution in [3.05, 3.63) is 29.9 Å². The first-order valence-electron chi connectivity index (χ1n) is 5.31. The Kier molecular flexibility index (Phi) is 3.76. The molecular formula is C11H11FN3O3P. The smallest absolute Gasteiger partial charge is 0.319 e. The van der Waals surface area contributed by atoms with Crippen LogP contribution in [0.5, 0.6) is 0 Å². The number of nitrogens with one attached hydrogen (secondary N) is 1. The maximum Gasteiger partial charge on any atom is 0.319 e. The Labute approximate surface area is 108 Å². The molecule has 0 spiro atoms. The molecule has 2 aromatic heterocycles. The fourth-order valence-corrected chi connectivity index (χ4v) is 2.60. The molecule has 0 aliphatic carbocycles. The minimum Gasteiger partial charge on any atom is -0.459 e. The van der Waals surface area contributed by atoms with E-state index < -0.39 is 25.4 Å². The van der Waals surface area contributed by atoms with Crippen molar-refractivity contribution >= 4 is 30.7 Å². The third kappa shape index (κ3) is 3.26. The molecule has 2 heterocycles. The van der Waals surface area contributed by atoms with E-state index in [2.05, 4.69) is 4.98 Å². The molecular weight excluding hydrogens is 272 g/mol. The van der Waals surface area contributed by atoms with E-state index in [1.54, 1.807) is 12.7 Å². The van der Waals surface area contributed by atoms with Gasteiger partial charge < -0.3 is 10.2 Å². The number of carbonyl (C=O) groups is 2. The largest absolute Gasteiger partial charge is 0.459 e. The van der Waals surface area contributed by atoms with Crippen LogP contribution in [0.1, 0.15) is 5.76 Å². The molecule has 0 saturated carbocycles. The molecule has 0 saturated heterocycles. The second-order valence-electron chi connectivity index (χ2n) is 3.90. The molecule has 0 bridgehead atoms. The number of rotatable bonds is 3. The van der Waals surface area contributed by atoms with E-state index in [-0.39, 0.29) is 0 Å². The molecule has 8 heteroatoms. The third-order valence-electron chi connectivity index (χ3n) is 2.36. The number of hydrogen-bond donors (Lipinski definition) is 2. The van der Waals surface area contributed by atoms with Gasteiger partial charge in [0.05, 0.1) is 6.20 Å². The van der Waals surface area contributed by atoms with E-state index in [0.29, 0.717) is 23.0 Å². The lowest BCUT2D eigenvalue weighted by Gasteiger charge is -2.08. The van der Waals surface area contributed by atoms with Gasteiger partial charge in [0.25, 0.3) is 0 Å². The monoisotopic (exact) mass is 283 g/mol. The lowest BCUT2D eigenvalue weighted by atomic mass is 10.4. The molecule has 3 N–H and O–H groups in total. The van der Waals surface area contributed by atoms with E-state index in [9.17, 15) is 14.0 Å². The highest BCUT2D eigenvalue weighted by molar-refractivity contribution is 7.73. The first-order valence-corrected chi connectivity index (χ1v) is 7.28. The van der Waals surface area contributed by atoms with E-state index in [1.165, 1.54) is 6.07 Å². The molecule has 1 atom stereocenters. The van der Waals surface area contributed by atoms with Crippen LogP contribution in [0.4, 0.5) is 14.0 Å². The van der Waals surface area contributed by atoms with Gasteiger partial charge in [-0.1, -0.05) is 0 Å². The Morgan fingerprint density at radius 1 is 1.53 bits per heavy atom. The van der Waals surface area contributed by atoms with Crippen molar-refractivity contribution in [3.63, 3.8) is 0 Å². The zero-order chi connectivity index (χ0) is 14.0. The predicted octanol–water partition coefficient (Wildman–Crippen LogP) is 2.37. The minimum atomic E-state index is -1.16. The summed E-state index contributed by atoms with van der Waals surface area (Å²) in [4.78, 5) is 26.0. The summed E-state index contributed by atoms with van der Waals surface area (Å²) in [5.41, 5.74) is 5.29. The van der Waals surface area contributed by atoms with Crippen molar-refractivity contribution in [2.75, 3.05) is 6.66 Å². The van der Waals surface area contributed by atoms with Crippen LogP contribution in [0.25, 0.3) is 11.1 Å². The minimum absolute atomic E-state index is 0.326. The summed E-state index contributed by atoms with van der Waals surface area (Å²) in [6, 6.07) is 1.99. The van der Waals surface area contributed by atoms with Gasteiger partial charge in [-0.15, -0.1) is 0 Å². The van der Waals surface area contributed by atoms with Gasteiger partial charge in [0, 0.05) is 18.3 Å². The molecule has 2 rings (SSSR count). The van der Waals surface area contributed by atoms with Gasteiger partial charge in [-0.3, -0.25) is 10.1 Å². The number of amides is 3. The summed E-state index contributed by atoms with van der Waals surface area (Å²) in [5.74, 6) is 0.0277. The van der Waals surface area contributed by atoms with Gasteiger partial charge in [-0.05, 0) is 14.6 Å². The number of fused-ring (bicyclic) bond motifs is 1. The quantitative estimate of drug-likeness (QED) is 0.845. The molecule has 0 aliphatic rings. The van der Waals surface area contributed by atoms with Gasteiger partial charge in [0.15, 0.2) is 5.58 Å². The summed E-state index contributed by atoms with van der Waals surface area (Å²) in [6.45, 7) is 1.69. The van der Waals surface area contributed by atoms with Crippen LogP contribution in [0.15, 0.2) is 22.7 Å². The molecule has 0 fully saturated rings. The highest BCUT2D eigenvalue weighted by Crippen LogP contribution is 2.37. The van der Waals surface area contributed by atoms with Gasteiger partial charge in [-0.25, -0.2) is 14.2 Å². The number of hydrogen-bond acceptors (Lipinski definition) is 4. The summed E-state index contributed by atoms with van der Waals surface area (Å²) in [6.07, 6.45) is 1.42. The molecule has 0 aromatic carbocycles. The van der Waals surface area contributed by atoms with Gasteiger partial charge >= 0.3 is 6.03 Å². The summed E-state index contributed by atoms with van der Waals surface area (Å²) in [7, 11) is -1.16. The van der Waals surface area contributed by atoms with Crippen molar-refractivity contribution in [3.8, 4) is 0 Å². The average Bonchev–Trinajstić information content (AvgIpc) is 2.69. The number of nitrogens with zero attached hydrogens (tertiary/aromatic N) is 1. The maximum absolute atomic E-state index is 12.9. The van der Waals surface area contributed by atoms with Crippen LogP contribution in [-0.2, 0) is 6.16 Å². The summed E-state index contributed by atoms with van der Waals surface area (Å²) < 4.78 is 18.3. The Hall–Kier alpha value is -2.01. The van der Waals surface area contributed by atoms with Gasteiger partial charge in [0.1, 0.15) is 17.1 Å². The second-order valence-corrected chi connectivity index (χ2v) is 6.02. The van der Waals surface area contributed by atoms with E-state index in [1.807, 2.05) is 5.32 Å². The van der Waals surface area contributed by atoms with Gasteiger partial charge in [-0.2, -0.15) is 0 Å². The van der Waals surface area contributed by atoms with Crippen molar-refractivity contribution in [1.82, 2.24) is 10.3 Å². The number of imide groups is 1. The van der Waals surface area contributed by atoms with Crippen LogP contribution in [-0.4, -0.2) is 23.3 Å². The first-order chi connectivity index (χ1) is 8.95. The predicted molar refractivity (Wildman–Crippen MR) is 68.6 cm³/mol. The number of nitrogens with two attached hydrogens (primary N) is 1. The number of pyridine rings is 1. The van der Waals surface area contributed by atoms with Gasteiger partial charge in [0.2, 0.25) is 5.65 Å². The van der Waals surface area contributed by atoms with Crippen LogP contribution in [0.2, 0.25) is 0 Å².